The Morgan fingerprint density at radius 1 is 1.45 bits per heavy atom. The van der Waals surface area contributed by atoms with Crippen LogP contribution in [0.3, 0.4) is 0 Å². The molecule has 0 bridgehead atoms. The van der Waals surface area contributed by atoms with Crippen LogP contribution in [0.25, 0.3) is 0 Å². The third-order valence-electron chi connectivity index (χ3n) is 3.62. The molecule has 0 aliphatic heterocycles. The molecule has 2 rings (SSSR count). The van der Waals surface area contributed by atoms with Gasteiger partial charge >= 0.3 is 0 Å². The van der Waals surface area contributed by atoms with Crippen LogP contribution in [0.15, 0.2) is 18.2 Å². The SMILES string of the molecule is CCN[C@H](C)CNC(=O)C1CC1c1ccc(Cl)cc1Cl. The largest absolute Gasteiger partial charge is 0.354 e. The van der Waals surface area contributed by atoms with Gasteiger partial charge in [0.25, 0.3) is 0 Å². The van der Waals surface area contributed by atoms with Crippen molar-refractivity contribution in [1.82, 2.24) is 10.6 Å². The quantitative estimate of drug-likeness (QED) is 0.846. The Balaban J connectivity index is 1.86. The van der Waals surface area contributed by atoms with E-state index in [-0.39, 0.29) is 17.7 Å². The third kappa shape index (κ3) is 3.87. The van der Waals surface area contributed by atoms with Crippen molar-refractivity contribution in [3.8, 4) is 0 Å². The Bertz CT molecular complexity index is 493. The number of hydrogen-bond acceptors (Lipinski definition) is 2. The van der Waals surface area contributed by atoms with Crippen LogP contribution in [0.1, 0.15) is 31.7 Å². The van der Waals surface area contributed by atoms with E-state index in [1.165, 1.54) is 0 Å². The molecular weight excluding hydrogens is 295 g/mol. The van der Waals surface area contributed by atoms with E-state index in [1.807, 2.05) is 12.1 Å². The molecule has 5 heteroatoms. The molecule has 2 N–H and O–H groups in total. The molecule has 1 aromatic rings. The Morgan fingerprint density at radius 2 is 2.20 bits per heavy atom. The number of amides is 1. The van der Waals surface area contributed by atoms with E-state index in [0.717, 1.165) is 18.5 Å². The zero-order valence-corrected chi connectivity index (χ0v) is 13.3. The summed E-state index contributed by atoms with van der Waals surface area (Å²) in [6.45, 7) is 5.68. The maximum atomic E-state index is 12.1. The highest BCUT2D eigenvalue weighted by Gasteiger charge is 2.44. The summed E-state index contributed by atoms with van der Waals surface area (Å²) in [5.74, 6) is 0.391. The number of halogens is 2. The molecule has 110 valence electrons. The number of rotatable bonds is 6. The number of benzene rings is 1. The topological polar surface area (TPSA) is 41.1 Å². The summed E-state index contributed by atoms with van der Waals surface area (Å²) in [6, 6.07) is 5.77. The van der Waals surface area contributed by atoms with Crippen molar-refractivity contribution in [3.05, 3.63) is 33.8 Å². The molecule has 1 aromatic carbocycles. The molecule has 0 heterocycles. The first-order chi connectivity index (χ1) is 9.52. The zero-order chi connectivity index (χ0) is 14.7. The summed E-state index contributed by atoms with van der Waals surface area (Å²) in [5.41, 5.74) is 1.02. The van der Waals surface area contributed by atoms with Crippen molar-refractivity contribution >= 4 is 29.1 Å². The second kappa shape index (κ2) is 6.79. The normalized spacial score (nSPS) is 22.4. The van der Waals surface area contributed by atoms with Gasteiger partial charge in [-0.2, -0.15) is 0 Å². The lowest BCUT2D eigenvalue weighted by atomic mass is 10.1. The summed E-state index contributed by atoms with van der Waals surface area (Å²) in [5, 5.41) is 7.53. The fraction of sp³-hybridized carbons (Fsp3) is 0.533. The van der Waals surface area contributed by atoms with Crippen molar-refractivity contribution in [2.24, 2.45) is 5.92 Å². The summed E-state index contributed by atoms with van der Waals surface area (Å²) >= 11 is 12.1. The Labute approximate surface area is 130 Å². The maximum absolute atomic E-state index is 12.1. The van der Waals surface area contributed by atoms with E-state index >= 15 is 0 Å². The number of hydrogen-bond donors (Lipinski definition) is 2. The van der Waals surface area contributed by atoms with Crippen molar-refractivity contribution in [3.63, 3.8) is 0 Å². The highest BCUT2D eigenvalue weighted by atomic mass is 35.5. The number of carbonyl (C=O) groups excluding carboxylic acids is 1. The highest BCUT2D eigenvalue weighted by Crippen LogP contribution is 2.49. The molecule has 3 atom stereocenters. The lowest BCUT2D eigenvalue weighted by molar-refractivity contribution is -0.122. The van der Waals surface area contributed by atoms with Gasteiger partial charge in [0.05, 0.1) is 0 Å². The Morgan fingerprint density at radius 3 is 2.85 bits per heavy atom. The van der Waals surface area contributed by atoms with Crippen LogP contribution < -0.4 is 10.6 Å². The summed E-state index contributed by atoms with van der Waals surface area (Å²) in [4.78, 5) is 12.1. The van der Waals surface area contributed by atoms with Gasteiger partial charge in [-0.25, -0.2) is 0 Å². The minimum Gasteiger partial charge on any atom is -0.354 e. The van der Waals surface area contributed by atoms with Gasteiger partial charge < -0.3 is 10.6 Å². The monoisotopic (exact) mass is 314 g/mol. The van der Waals surface area contributed by atoms with Crippen LogP contribution in [0.4, 0.5) is 0 Å². The average Bonchev–Trinajstić information content (AvgIpc) is 3.16. The molecule has 1 fully saturated rings. The molecule has 2 unspecified atom stereocenters. The first-order valence-electron chi connectivity index (χ1n) is 6.99. The lowest BCUT2D eigenvalue weighted by Crippen LogP contribution is -2.39. The molecule has 0 spiro atoms. The van der Waals surface area contributed by atoms with E-state index in [4.69, 9.17) is 23.2 Å². The van der Waals surface area contributed by atoms with Crippen LogP contribution in [0.2, 0.25) is 10.0 Å². The summed E-state index contributed by atoms with van der Waals surface area (Å²) in [7, 11) is 0. The molecule has 0 aromatic heterocycles. The highest BCUT2D eigenvalue weighted by molar-refractivity contribution is 6.35. The van der Waals surface area contributed by atoms with Crippen LogP contribution >= 0.6 is 23.2 Å². The lowest BCUT2D eigenvalue weighted by Gasteiger charge is -2.13. The molecule has 1 amide bonds. The number of likely N-dealkylation sites (N-methyl/N-ethyl adjacent to an activating group) is 1. The summed E-state index contributed by atoms with van der Waals surface area (Å²) in [6.07, 6.45) is 0.864. The van der Waals surface area contributed by atoms with Crippen molar-refractivity contribution in [2.45, 2.75) is 32.2 Å². The van der Waals surface area contributed by atoms with E-state index in [9.17, 15) is 4.79 Å². The summed E-state index contributed by atoms with van der Waals surface area (Å²) < 4.78 is 0. The molecule has 0 saturated heterocycles. The van der Waals surface area contributed by atoms with Crippen LogP contribution in [0.5, 0.6) is 0 Å². The minimum absolute atomic E-state index is 0.0440. The van der Waals surface area contributed by atoms with Crippen molar-refractivity contribution < 1.29 is 4.79 Å². The van der Waals surface area contributed by atoms with Crippen LogP contribution in [-0.4, -0.2) is 25.0 Å². The fourth-order valence-corrected chi connectivity index (χ4v) is 2.98. The fourth-order valence-electron chi connectivity index (χ4n) is 2.44. The van der Waals surface area contributed by atoms with E-state index in [2.05, 4.69) is 24.5 Å². The van der Waals surface area contributed by atoms with Gasteiger partial charge in [-0.3, -0.25) is 4.79 Å². The Kier molecular flexibility index (Phi) is 5.30. The van der Waals surface area contributed by atoms with E-state index in [0.29, 0.717) is 22.6 Å². The molecule has 1 aliphatic rings. The maximum Gasteiger partial charge on any atom is 0.223 e. The third-order valence-corrected chi connectivity index (χ3v) is 4.19. The van der Waals surface area contributed by atoms with Crippen LogP contribution in [-0.2, 0) is 4.79 Å². The molecule has 3 nitrogen and oxygen atoms in total. The first-order valence-corrected chi connectivity index (χ1v) is 7.74. The van der Waals surface area contributed by atoms with E-state index in [1.54, 1.807) is 6.07 Å². The molecular formula is C15H20Cl2N2O. The average molecular weight is 315 g/mol. The van der Waals surface area contributed by atoms with Crippen LogP contribution in [0, 0.1) is 5.92 Å². The second-order valence-corrected chi connectivity index (χ2v) is 6.16. The van der Waals surface area contributed by atoms with Gasteiger partial charge in [-0.15, -0.1) is 0 Å². The number of carbonyl (C=O) groups is 1. The predicted molar refractivity (Wildman–Crippen MR) is 83.5 cm³/mol. The first kappa shape index (κ1) is 15.6. The zero-order valence-electron chi connectivity index (χ0n) is 11.7. The number of nitrogens with one attached hydrogen (secondary N) is 2. The molecule has 1 aliphatic carbocycles. The van der Waals surface area contributed by atoms with Crippen molar-refractivity contribution in [1.29, 1.82) is 0 Å². The predicted octanol–water partition coefficient (Wildman–Crippen LogP) is 3.21. The Hall–Kier alpha value is -0.770. The molecule has 0 radical (unpaired) electrons. The van der Waals surface area contributed by atoms with Gasteiger partial charge in [-0.1, -0.05) is 36.2 Å². The van der Waals surface area contributed by atoms with Gasteiger partial charge in [0.2, 0.25) is 5.91 Å². The van der Waals surface area contributed by atoms with E-state index < -0.39 is 0 Å². The van der Waals surface area contributed by atoms with Crippen molar-refractivity contribution in [2.75, 3.05) is 13.1 Å². The van der Waals surface area contributed by atoms with Gasteiger partial charge in [0.15, 0.2) is 0 Å². The molecule has 1 saturated carbocycles. The van der Waals surface area contributed by atoms with Gasteiger partial charge in [0, 0.05) is 28.5 Å². The van der Waals surface area contributed by atoms with Gasteiger partial charge in [0.1, 0.15) is 0 Å². The second-order valence-electron chi connectivity index (χ2n) is 5.32. The van der Waals surface area contributed by atoms with Gasteiger partial charge in [-0.05, 0) is 43.5 Å². The molecule has 20 heavy (non-hydrogen) atoms. The smallest absolute Gasteiger partial charge is 0.223 e. The minimum atomic E-state index is 0.0440. The standard InChI is InChI=1S/C15H20Cl2N2O/c1-3-18-9(2)8-19-15(20)13-7-12(13)11-5-4-10(16)6-14(11)17/h4-6,9,12-13,18H,3,7-8H2,1-2H3,(H,19,20)/t9-,12?,13?/m1/s1.